The maximum Gasteiger partial charge on any atom is 0.183 e. The number of aromatic nitrogens is 2. The Morgan fingerprint density at radius 1 is 1.18 bits per heavy atom. The molecule has 0 bridgehead atoms. The number of nitrogens with zero attached hydrogens (tertiary/aromatic N) is 3. The second-order valence-corrected chi connectivity index (χ2v) is 3.96. The Morgan fingerprint density at radius 2 is 1.94 bits per heavy atom. The first-order valence-electron chi connectivity index (χ1n) is 4.64. The van der Waals surface area contributed by atoms with Crippen molar-refractivity contribution in [1.82, 2.24) is 9.97 Å². The Morgan fingerprint density at radius 3 is 2.65 bits per heavy atom. The van der Waals surface area contributed by atoms with Gasteiger partial charge in [-0.3, -0.25) is 0 Å². The Bertz CT molecular complexity index is 592. The van der Waals surface area contributed by atoms with E-state index in [2.05, 4.69) is 15.3 Å². The quantitative estimate of drug-likeness (QED) is 0.903. The van der Waals surface area contributed by atoms with Crippen molar-refractivity contribution >= 4 is 34.7 Å². The van der Waals surface area contributed by atoms with Gasteiger partial charge in [0.05, 0.1) is 10.7 Å². The van der Waals surface area contributed by atoms with E-state index in [1.807, 2.05) is 6.07 Å². The van der Waals surface area contributed by atoms with Crippen LogP contribution in [0.3, 0.4) is 0 Å². The molecule has 17 heavy (non-hydrogen) atoms. The van der Waals surface area contributed by atoms with Crippen LogP contribution in [0.15, 0.2) is 30.6 Å². The third-order valence-corrected chi connectivity index (χ3v) is 2.54. The van der Waals surface area contributed by atoms with Gasteiger partial charge in [0.15, 0.2) is 11.5 Å². The van der Waals surface area contributed by atoms with Crippen LogP contribution in [0, 0.1) is 11.3 Å². The molecule has 0 saturated heterocycles. The van der Waals surface area contributed by atoms with E-state index in [1.54, 1.807) is 18.2 Å². The first-order valence-corrected chi connectivity index (χ1v) is 5.39. The molecule has 1 heterocycles. The highest BCUT2D eigenvalue weighted by Gasteiger charge is 2.07. The van der Waals surface area contributed by atoms with Gasteiger partial charge in [-0.25, -0.2) is 9.97 Å². The van der Waals surface area contributed by atoms with Crippen molar-refractivity contribution in [2.24, 2.45) is 0 Å². The van der Waals surface area contributed by atoms with Gasteiger partial charge in [0.1, 0.15) is 6.07 Å². The molecule has 0 fully saturated rings. The number of rotatable bonds is 2. The zero-order valence-electron chi connectivity index (χ0n) is 8.48. The molecule has 2 rings (SSSR count). The van der Waals surface area contributed by atoms with Gasteiger partial charge in [0.2, 0.25) is 0 Å². The van der Waals surface area contributed by atoms with E-state index in [-0.39, 0.29) is 5.69 Å². The zero-order chi connectivity index (χ0) is 12.3. The van der Waals surface area contributed by atoms with Crippen molar-refractivity contribution < 1.29 is 0 Å². The smallest absolute Gasteiger partial charge is 0.183 e. The van der Waals surface area contributed by atoms with Crippen LogP contribution in [-0.4, -0.2) is 9.97 Å². The van der Waals surface area contributed by atoms with Gasteiger partial charge in [-0.2, -0.15) is 5.26 Å². The van der Waals surface area contributed by atoms with Crippen LogP contribution < -0.4 is 5.32 Å². The molecule has 1 aromatic carbocycles. The first kappa shape index (κ1) is 11.6. The van der Waals surface area contributed by atoms with Crippen molar-refractivity contribution in [3.8, 4) is 6.07 Å². The fourth-order valence-corrected chi connectivity index (χ4v) is 1.69. The van der Waals surface area contributed by atoms with Crippen LogP contribution in [0.5, 0.6) is 0 Å². The maximum atomic E-state index is 8.86. The molecular formula is C11H6Cl2N4. The van der Waals surface area contributed by atoms with Crippen molar-refractivity contribution in [1.29, 1.82) is 5.26 Å². The Hall–Kier alpha value is -1.83. The molecule has 0 aliphatic heterocycles. The monoisotopic (exact) mass is 264 g/mol. The van der Waals surface area contributed by atoms with Gasteiger partial charge in [-0.15, -0.1) is 0 Å². The van der Waals surface area contributed by atoms with Gasteiger partial charge in [0, 0.05) is 17.4 Å². The van der Waals surface area contributed by atoms with E-state index in [9.17, 15) is 0 Å². The van der Waals surface area contributed by atoms with E-state index >= 15 is 0 Å². The average molecular weight is 265 g/mol. The zero-order valence-corrected chi connectivity index (χ0v) is 10.00. The lowest BCUT2D eigenvalue weighted by atomic mass is 10.3. The van der Waals surface area contributed by atoms with Crippen LogP contribution >= 0.6 is 23.2 Å². The maximum absolute atomic E-state index is 8.86. The molecule has 1 N–H and O–H groups in total. The number of anilines is 2. The molecule has 2 aromatic rings. The standard InChI is InChI=1S/C11H6Cl2N4/c12-7-1-2-9(8(13)5-7)17-11-10(6-14)15-3-4-16-11/h1-5H,(H,16,17). The van der Waals surface area contributed by atoms with Crippen LogP contribution in [-0.2, 0) is 0 Å². The molecule has 1 aromatic heterocycles. The predicted octanol–water partition coefficient (Wildman–Crippen LogP) is 3.40. The number of benzene rings is 1. The van der Waals surface area contributed by atoms with E-state index in [0.717, 1.165) is 0 Å². The van der Waals surface area contributed by atoms with Crippen molar-refractivity contribution in [2.45, 2.75) is 0 Å². The second kappa shape index (κ2) is 5.00. The highest BCUT2D eigenvalue weighted by molar-refractivity contribution is 6.36. The molecule has 0 aliphatic carbocycles. The normalized spacial score (nSPS) is 9.71. The molecular weight excluding hydrogens is 259 g/mol. The Labute approximate surface area is 108 Å². The number of nitriles is 1. The number of hydrogen-bond acceptors (Lipinski definition) is 4. The average Bonchev–Trinajstić information content (AvgIpc) is 2.33. The van der Waals surface area contributed by atoms with Crippen LogP contribution in [0.4, 0.5) is 11.5 Å². The van der Waals surface area contributed by atoms with Gasteiger partial charge in [-0.1, -0.05) is 23.2 Å². The number of nitrogens with one attached hydrogen (secondary N) is 1. The van der Waals surface area contributed by atoms with Crippen molar-refractivity contribution in [3.63, 3.8) is 0 Å². The first-order chi connectivity index (χ1) is 8.20. The van der Waals surface area contributed by atoms with E-state index < -0.39 is 0 Å². The Balaban J connectivity index is 2.35. The Kier molecular flexibility index (Phi) is 3.43. The summed E-state index contributed by atoms with van der Waals surface area (Å²) in [6, 6.07) is 6.95. The van der Waals surface area contributed by atoms with Crippen LogP contribution in [0.25, 0.3) is 0 Å². The molecule has 6 heteroatoms. The number of halogens is 2. The summed E-state index contributed by atoms with van der Waals surface area (Å²) in [7, 11) is 0. The predicted molar refractivity (Wildman–Crippen MR) is 66.5 cm³/mol. The van der Waals surface area contributed by atoms with Gasteiger partial charge in [-0.05, 0) is 18.2 Å². The SMILES string of the molecule is N#Cc1nccnc1Nc1ccc(Cl)cc1Cl. The molecule has 0 aliphatic rings. The molecule has 0 spiro atoms. The minimum atomic E-state index is 0.207. The summed E-state index contributed by atoms with van der Waals surface area (Å²) in [5.41, 5.74) is 0.826. The highest BCUT2D eigenvalue weighted by atomic mass is 35.5. The molecule has 0 atom stereocenters. The summed E-state index contributed by atoms with van der Waals surface area (Å²) in [4.78, 5) is 7.91. The van der Waals surface area contributed by atoms with Crippen LogP contribution in [0.2, 0.25) is 10.0 Å². The molecule has 84 valence electrons. The molecule has 0 unspecified atom stereocenters. The second-order valence-electron chi connectivity index (χ2n) is 3.11. The third-order valence-electron chi connectivity index (χ3n) is 1.99. The minimum Gasteiger partial charge on any atom is -0.337 e. The highest BCUT2D eigenvalue weighted by Crippen LogP contribution is 2.28. The van der Waals surface area contributed by atoms with Crippen LogP contribution in [0.1, 0.15) is 5.69 Å². The lowest BCUT2D eigenvalue weighted by Crippen LogP contribution is -1.98. The summed E-state index contributed by atoms with van der Waals surface area (Å²) < 4.78 is 0. The topological polar surface area (TPSA) is 61.6 Å². The largest absolute Gasteiger partial charge is 0.337 e. The van der Waals surface area contributed by atoms with E-state index in [4.69, 9.17) is 28.5 Å². The van der Waals surface area contributed by atoms with Gasteiger partial charge in [0.25, 0.3) is 0 Å². The molecule has 0 amide bonds. The molecule has 0 saturated carbocycles. The summed E-state index contributed by atoms with van der Waals surface area (Å²) in [5.74, 6) is 0.360. The van der Waals surface area contributed by atoms with E-state index in [1.165, 1.54) is 12.4 Å². The fraction of sp³-hybridized carbons (Fsp3) is 0. The lowest BCUT2D eigenvalue weighted by Gasteiger charge is -2.08. The van der Waals surface area contributed by atoms with Crippen molar-refractivity contribution in [3.05, 3.63) is 46.3 Å². The van der Waals surface area contributed by atoms with Gasteiger partial charge >= 0.3 is 0 Å². The molecule has 4 nitrogen and oxygen atoms in total. The number of hydrogen-bond donors (Lipinski definition) is 1. The fourth-order valence-electron chi connectivity index (χ4n) is 1.23. The summed E-state index contributed by atoms with van der Waals surface area (Å²) in [6.45, 7) is 0. The summed E-state index contributed by atoms with van der Waals surface area (Å²) in [6.07, 6.45) is 2.94. The molecule has 0 radical (unpaired) electrons. The minimum absolute atomic E-state index is 0.207. The lowest BCUT2D eigenvalue weighted by molar-refractivity contribution is 1.16. The third kappa shape index (κ3) is 2.64. The summed E-state index contributed by atoms with van der Waals surface area (Å²) in [5, 5.41) is 12.8. The van der Waals surface area contributed by atoms with E-state index in [0.29, 0.717) is 21.6 Å². The summed E-state index contributed by atoms with van der Waals surface area (Å²) >= 11 is 11.8. The van der Waals surface area contributed by atoms with Crippen molar-refractivity contribution in [2.75, 3.05) is 5.32 Å². The van der Waals surface area contributed by atoms with Gasteiger partial charge < -0.3 is 5.32 Å².